The molecule has 0 spiro atoms. The molecule has 1 rings (SSSR count). The molecule has 0 amide bonds. The fraction of sp³-hybridized carbons (Fsp3) is 0.538. The number of anilines is 1. The number of hydrogen-bond donors (Lipinski definition) is 1. The minimum Gasteiger partial charge on any atom is -0.392 e. The first kappa shape index (κ1) is 12.1. The van der Waals surface area contributed by atoms with Gasteiger partial charge in [0.2, 0.25) is 0 Å². The van der Waals surface area contributed by atoms with Crippen molar-refractivity contribution in [1.82, 2.24) is 0 Å². The number of nitrogens with zero attached hydrogens (tertiary/aromatic N) is 1. The first-order valence-corrected chi connectivity index (χ1v) is 5.39. The molecule has 2 heteroatoms. The molecular weight excluding hydrogens is 186 g/mol. The van der Waals surface area contributed by atoms with E-state index >= 15 is 0 Å². The van der Waals surface area contributed by atoms with Gasteiger partial charge in [-0.25, -0.2) is 0 Å². The average molecular weight is 207 g/mol. The van der Waals surface area contributed by atoms with Crippen molar-refractivity contribution in [3.8, 4) is 0 Å². The summed E-state index contributed by atoms with van der Waals surface area (Å²) >= 11 is 0. The minimum absolute atomic E-state index is 0.111. The molecule has 0 aliphatic heterocycles. The smallest absolute Gasteiger partial charge is 0.0704 e. The van der Waals surface area contributed by atoms with Crippen LogP contribution < -0.4 is 4.90 Å². The summed E-state index contributed by atoms with van der Waals surface area (Å²) in [5.41, 5.74) is 4.70. The van der Waals surface area contributed by atoms with Crippen molar-refractivity contribution < 1.29 is 5.11 Å². The van der Waals surface area contributed by atoms with Crippen LogP contribution in [0.25, 0.3) is 0 Å². The fourth-order valence-corrected chi connectivity index (χ4v) is 2.00. The Morgan fingerprint density at radius 2 is 1.87 bits per heavy atom. The zero-order valence-electron chi connectivity index (χ0n) is 10.3. The summed E-state index contributed by atoms with van der Waals surface area (Å²) in [4.78, 5) is 2.04. The SMILES string of the molecule is Cc1c(C(C)C)ccc(N(C)C)c1CO. The van der Waals surface area contributed by atoms with E-state index < -0.39 is 0 Å². The molecule has 2 nitrogen and oxygen atoms in total. The largest absolute Gasteiger partial charge is 0.392 e. The lowest BCUT2D eigenvalue weighted by Gasteiger charge is -2.21. The van der Waals surface area contributed by atoms with Crippen LogP contribution in [-0.4, -0.2) is 19.2 Å². The van der Waals surface area contributed by atoms with Gasteiger partial charge in [0.05, 0.1) is 6.61 Å². The maximum atomic E-state index is 9.43. The van der Waals surface area contributed by atoms with Gasteiger partial charge in [-0.3, -0.25) is 0 Å². The summed E-state index contributed by atoms with van der Waals surface area (Å²) in [7, 11) is 4.01. The van der Waals surface area contributed by atoms with E-state index in [9.17, 15) is 5.11 Å². The average Bonchev–Trinajstić information content (AvgIpc) is 2.16. The zero-order chi connectivity index (χ0) is 11.6. The molecule has 0 saturated carbocycles. The molecule has 0 aliphatic rings. The lowest BCUT2D eigenvalue weighted by Crippen LogP contribution is -2.13. The molecule has 0 radical (unpaired) electrons. The van der Waals surface area contributed by atoms with Gasteiger partial charge in [0.1, 0.15) is 0 Å². The summed E-state index contributed by atoms with van der Waals surface area (Å²) in [5, 5.41) is 9.43. The van der Waals surface area contributed by atoms with Crippen LogP contribution in [0.2, 0.25) is 0 Å². The Bertz CT molecular complexity index is 343. The standard InChI is InChI=1S/C13H21NO/c1-9(2)11-6-7-13(14(4)5)12(8-15)10(11)3/h6-7,9,15H,8H2,1-5H3. The van der Waals surface area contributed by atoms with Crippen LogP contribution >= 0.6 is 0 Å². The van der Waals surface area contributed by atoms with Crippen molar-refractivity contribution in [3.05, 3.63) is 28.8 Å². The van der Waals surface area contributed by atoms with Crippen molar-refractivity contribution >= 4 is 5.69 Å². The molecule has 0 atom stereocenters. The third kappa shape index (κ3) is 2.32. The third-order valence-corrected chi connectivity index (χ3v) is 2.88. The van der Waals surface area contributed by atoms with Gasteiger partial charge in [-0.15, -0.1) is 0 Å². The Hall–Kier alpha value is -1.02. The molecule has 0 aromatic heterocycles. The van der Waals surface area contributed by atoms with Gasteiger partial charge in [0, 0.05) is 25.3 Å². The Kier molecular flexibility index (Phi) is 3.75. The van der Waals surface area contributed by atoms with Gasteiger partial charge in [0.15, 0.2) is 0 Å². The summed E-state index contributed by atoms with van der Waals surface area (Å²) < 4.78 is 0. The van der Waals surface area contributed by atoms with Crippen LogP contribution in [0.1, 0.15) is 36.5 Å². The van der Waals surface area contributed by atoms with Crippen molar-refractivity contribution in [2.75, 3.05) is 19.0 Å². The Morgan fingerprint density at radius 3 is 2.27 bits per heavy atom. The molecule has 0 heterocycles. The van der Waals surface area contributed by atoms with E-state index in [4.69, 9.17) is 0 Å². The highest BCUT2D eigenvalue weighted by atomic mass is 16.3. The Morgan fingerprint density at radius 1 is 1.27 bits per heavy atom. The number of benzene rings is 1. The van der Waals surface area contributed by atoms with Gasteiger partial charge in [0.25, 0.3) is 0 Å². The first-order chi connectivity index (χ1) is 6.99. The topological polar surface area (TPSA) is 23.5 Å². The van der Waals surface area contributed by atoms with Gasteiger partial charge >= 0.3 is 0 Å². The van der Waals surface area contributed by atoms with Gasteiger partial charge in [-0.1, -0.05) is 19.9 Å². The van der Waals surface area contributed by atoms with Gasteiger partial charge in [-0.2, -0.15) is 0 Å². The molecule has 0 aliphatic carbocycles. The second-order valence-electron chi connectivity index (χ2n) is 4.48. The van der Waals surface area contributed by atoms with Crippen LogP contribution in [0.15, 0.2) is 12.1 Å². The number of aliphatic hydroxyl groups excluding tert-OH is 1. The summed E-state index contributed by atoms with van der Waals surface area (Å²) in [5.74, 6) is 0.506. The highest BCUT2D eigenvalue weighted by Gasteiger charge is 2.12. The van der Waals surface area contributed by atoms with Crippen molar-refractivity contribution in [2.45, 2.75) is 33.3 Å². The monoisotopic (exact) mass is 207 g/mol. The van der Waals surface area contributed by atoms with Crippen LogP contribution in [0.4, 0.5) is 5.69 Å². The van der Waals surface area contributed by atoms with Crippen LogP contribution in [0, 0.1) is 6.92 Å². The van der Waals surface area contributed by atoms with Crippen LogP contribution in [0.5, 0.6) is 0 Å². The summed E-state index contributed by atoms with van der Waals surface area (Å²) in [6.45, 7) is 6.56. The lowest BCUT2D eigenvalue weighted by atomic mass is 9.93. The highest BCUT2D eigenvalue weighted by Crippen LogP contribution is 2.29. The Labute approximate surface area is 92.5 Å². The van der Waals surface area contributed by atoms with Crippen molar-refractivity contribution in [1.29, 1.82) is 0 Å². The molecule has 0 bridgehead atoms. The molecular formula is C13H21NO. The fourth-order valence-electron chi connectivity index (χ4n) is 2.00. The Balaban J connectivity index is 3.32. The number of hydrogen-bond acceptors (Lipinski definition) is 2. The number of aliphatic hydroxyl groups is 1. The molecule has 15 heavy (non-hydrogen) atoms. The van der Waals surface area contributed by atoms with E-state index in [0.29, 0.717) is 5.92 Å². The highest BCUT2D eigenvalue weighted by molar-refractivity contribution is 5.58. The third-order valence-electron chi connectivity index (χ3n) is 2.88. The molecule has 0 unspecified atom stereocenters. The summed E-state index contributed by atoms with van der Waals surface area (Å²) in [6.07, 6.45) is 0. The van der Waals surface area contributed by atoms with Gasteiger partial charge in [-0.05, 0) is 30.0 Å². The predicted molar refractivity (Wildman–Crippen MR) is 65.5 cm³/mol. The number of rotatable bonds is 3. The van der Waals surface area contributed by atoms with E-state index in [1.54, 1.807) is 0 Å². The first-order valence-electron chi connectivity index (χ1n) is 5.39. The molecule has 1 N–H and O–H groups in total. The maximum Gasteiger partial charge on any atom is 0.0704 e. The second kappa shape index (κ2) is 4.67. The van der Waals surface area contributed by atoms with Gasteiger partial charge < -0.3 is 10.0 Å². The van der Waals surface area contributed by atoms with E-state index in [2.05, 4.69) is 32.9 Å². The van der Waals surface area contributed by atoms with E-state index in [0.717, 1.165) is 11.3 Å². The molecule has 0 saturated heterocycles. The molecule has 1 aromatic rings. The summed E-state index contributed by atoms with van der Waals surface area (Å²) in [6, 6.07) is 4.25. The lowest BCUT2D eigenvalue weighted by molar-refractivity contribution is 0.281. The van der Waals surface area contributed by atoms with Crippen LogP contribution in [-0.2, 0) is 6.61 Å². The van der Waals surface area contributed by atoms with E-state index in [1.165, 1.54) is 11.1 Å². The van der Waals surface area contributed by atoms with Crippen LogP contribution in [0.3, 0.4) is 0 Å². The van der Waals surface area contributed by atoms with E-state index in [1.807, 2.05) is 19.0 Å². The molecule has 84 valence electrons. The molecule has 0 fully saturated rings. The predicted octanol–water partition coefficient (Wildman–Crippen LogP) is 2.68. The normalized spacial score (nSPS) is 10.9. The van der Waals surface area contributed by atoms with E-state index in [-0.39, 0.29) is 6.61 Å². The zero-order valence-corrected chi connectivity index (χ0v) is 10.3. The maximum absolute atomic E-state index is 9.43. The quantitative estimate of drug-likeness (QED) is 0.823. The molecule has 1 aromatic carbocycles. The second-order valence-corrected chi connectivity index (χ2v) is 4.48. The van der Waals surface area contributed by atoms with Crippen molar-refractivity contribution in [3.63, 3.8) is 0 Å². The minimum atomic E-state index is 0.111. The van der Waals surface area contributed by atoms with Crippen molar-refractivity contribution in [2.24, 2.45) is 0 Å².